The number of piperidine rings is 1. The van der Waals surface area contributed by atoms with Crippen LogP contribution in [0.15, 0.2) is 42.7 Å². The van der Waals surface area contributed by atoms with Crippen molar-refractivity contribution in [1.82, 2.24) is 14.5 Å². The van der Waals surface area contributed by atoms with Crippen molar-refractivity contribution < 1.29 is 9.84 Å². The molecule has 4 rings (SSSR count). The predicted octanol–water partition coefficient (Wildman–Crippen LogP) is 3.06. The number of rotatable bonds is 5. The molecule has 5 heteroatoms. The fraction of sp³-hybridized carbons (Fsp3) is 0.500. The number of fused-ring (bicyclic) bond motifs is 2. The van der Waals surface area contributed by atoms with Crippen LogP contribution in [0.5, 0.6) is 5.75 Å². The van der Waals surface area contributed by atoms with E-state index in [1.54, 1.807) is 13.3 Å². The fourth-order valence-corrected chi connectivity index (χ4v) is 4.94. The summed E-state index contributed by atoms with van der Waals surface area (Å²) in [6.45, 7) is 2.72. The number of para-hydroxylation sites is 1. The van der Waals surface area contributed by atoms with E-state index in [1.165, 1.54) is 6.42 Å². The highest BCUT2D eigenvalue weighted by atomic mass is 16.5. The van der Waals surface area contributed by atoms with Gasteiger partial charge in [-0.05, 0) is 18.9 Å². The van der Waals surface area contributed by atoms with Crippen molar-refractivity contribution in [2.24, 2.45) is 18.9 Å². The second-order valence-electron chi connectivity index (χ2n) is 7.87. The number of aryl methyl sites for hydroxylation is 1. The first kappa shape index (κ1) is 18.3. The molecule has 0 amide bonds. The zero-order chi connectivity index (χ0) is 18.9. The maximum absolute atomic E-state index is 11.6. The van der Waals surface area contributed by atoms with Gasteiger partial charge in [-0.25, -0.2) is 4.98 Å². The van der Waals surface area contributed by atoms with E-state index in [1.807, 2.05) is 36.0 Å². The van der Waals surface area contributed by atoms with Gasteiger partial charge in [-0.15, -0.1) is 0 Å². The summed E-state index contributed by atoms with van der Waals surface area (Å²) in [5, 5.41) is 11.6. The normalized spacial score (nSPS) is 28.6. The van der Waals surface area contributed by atoms with Crippen LogP contribution in [0.2, 0.25) is 0 Å². The molecule has 2 fully saturated rings. The first-order chi connectivity index (χ1) is 13.1. The van der Waals surface area contributed by atoms with Gasteiger partial charge in [0.25, 0.3) is 0 Å². The van der Waals surface area contributed by atoms with Gasteiger partial charge in [-0.3, -0.25) is 4.90 Å². The van der Waals surface area contributed by atoms with Gasteiger partial charge in [0.05, 0.1) is 7.11 Å². The summed E-state index contributed by atoms with van der Waals surface area (Å²) in [6, 6.07) is 8.07. The molecule has 1 aliphatic heterocycles. The number of nitrogens with zero attached hydrogens (tertiary/aromatic N) is 3. The maximum Gasteiger partial charge on any atom is 0.141 e. The van der Waals surface area contributed by atoms with Gasteiger partial charge in [-0.2, -0.15) is 0 Å². The highest BCUT2D eigenvalue weighted by molar-refractivity contribution is 5.57. The van der Waals surface area contributed by atoms with Crippen LogP contribution >= 0.6 is 0 Å². The predicted molar refractivity (Wildman–Crippen MR) is 106 cm³/mol. The van der Waals surface area contributed by atoms with Gasteiger partial charge in [0.15, 0.2) is 0 Å². The molecule has 2 bridgehead atoms. The Morgan fingerprint density at radius 3 is 2.67 bits per heavy atom. The second-order valence-corrected chi connectivity index (χ2v) is 7.87. The molecule has 144 valence electrons. The molecular formula is C22H29N3O2. The lowest BCUT2D eigenvalue weighted by Crippen LogP contribution is -2.59. The maximum atomic E-state index is 11.6. The number of hydrogen-bond donors (Lipinski definition) is 1. The highest BCUT2D eigenvalue weighted by Gasteiger charge is 2.53. The van der Waals surface area contributed by atoms with Crippen molar-refractivity contribution >= 4 is 6.08 Å². The summed E-state index contributed by atoms with van der Waals surface area (Å²) < 4.78 is 7.41. The van der Waals surface area contributed by atoms with Crippen molar-refractivity contribution in [2.45, 2.75) is 24.9 Å². The molecule has 27 heavy (non-hydrogen) atoms. The third-order valence-electron chi connectivity index (χ3n) is 6.29. The van der Waals surface area contributed by atoms with E-state index in [0.29, 0.717) is 0 Å². The molecular weight excluding hydrogens is 338 g/mol. The number of benzene rings is 1. The standard InChI is InChI=1S/C22H29N3O2/c1-24-14-12-23-21(24)22(26)18-9-5-10-19(22)16-25(15-18)13-6-8-17-7-3-4-11-20(17)27-2/h3-4,6-8,11-12,14,18-19,26H,5,9-10,13,15-16H2,1-2H3/b8-6+/t18-,19-/m0/s1. The molecule has 1 saturated heterocycles. The molecule has 1 aromatic heterocycles. The van der Waals surface area contributed by atoms with E-state index >= 15 is 0 Å². The van der Waals surface area contributed by atoms with E-state index < -0.39 is 5.60 Å². The Morgan fingerprint density at radius 1 is 1.26 bits per heavy atom. The Bertz CT molecular complexity index is 799. The smallest absolute Gasteiger partial charge is 0.141 e. The zero-order valence-corrected chi connectivity index (χ0v) is 16.2. The van der Waals surface area contributed by atoms with Gasteiger partial charge in [-0.1, -0.05) is 36.8 Å². The molecule has 0 radical (unpaired) electrons. The zero-order valence-electron chi connectivity index (χ0n) is 16.2. The Morgan fingerprint density at radius 2 is 2.00 bits per heavy atom. The number of methoxy groups -OCH3 is 1. The van der Waals surface area contributed by atoms with E-state index in [0.717, 1.165) is 49.6 Å². The second kappa shape index (κ2) is 7.49. The van der Waals surface area contributed by atoms with E-state index in [9.17, 15) is 5.11 Å². The van der Waals surface area contributed by atoms with E-state index in [4.69, 9.17) is 4.74 Å². The summed E-state index contributed by atoms with van der Waals surface area (Å²) in [6.07, 6.45) is 11.4. The number of hydrogen-bond acceptors (Lipinski definition) is 4. The van der Waals surface area contributed by atoms with Gasteiger partial charge < -0.3 is 14.4 Å². The molecule has 1 N–H and O–H groups in total. The largest absolute Gasteiger partial charge is 0.496 e. The van der Waals surface area contributed by atoms with Crippen molar-refractivity contribution in [2.75, 3.05) is 26.7 Å². The van der Waals surface area contributed by atoms with Crippen molar-refractivity contribution in [3.8, 4) is 5.75 Å². The van der Waals surface area contributed by atoms with Gasteiger partial charge in [0.2, 0.25) is 0 Å². The molecule has 1 aliphatic carbocycles. The Kier molecular flexibility index (Phi) is 5.06. The SMILES string of the molecule is COc1ccccc1/C=C/CN1C[C@@H]2CCC[C@@H](C1)C2(O)c1nccn1C. The molecule has 5 nitrogen and oxygen atoms in total. The van der Waals surface area contributed by atoms with Gasteiger partial charge in [0.1, 0.15) is 17.2 Å². The molecule has 1 saturated carbocycles. The van der Waals surface area contributed by atoms with Crippen LogP contribution in [0.1, 0.15) is 30.7 Å². The van der Waals surface area contributed by atoms with E-state index in [-0.39, 0.29) is 11.8 Å². The molecule has 2 aromatic rings. The van der Waals surface area contributed by atoms with Crippen LogP contribution in [0.25, 0.3) is 6.08 Å². The number of likely N-dealkylation sites (tertiary alicyclic amines) is 1. The number of imidazole rings is 1. The molecule has 2 aliphatic rings. The minimum absolute atomic E-state index is 0.241. The Balaban J connectivity index is 1.48. The summed E-state index contributed by atoms with van der Waals surface area (Å²) in [7, 11) is 3.69. The van der Waals surface area contributed by atoms with Crippen LogP contribution in [0.4, 0.5) is 0 Å². The van der Waals surface area contributed by atoms with Crippen LogP contribution < -0.4 is 4.74 Å². The third kappa shape index (κ3) is 3.30. The van der Waals surface area contributed by atoms with Crippen LogP contribution in [-0.2, 0) is 12.6 Å². The molecule has 2 atom stereocenters. The van der Waals surface area contributed by atoms with Gasteiger partial charge >= 0.3 is 0 Å². The fourth-order valence-electron chi connectivity index (χ4n) is 4.94. The lowest BCUT2D eigenvalue weighted by Gasteiger charge is -2.52. The first-order valence-electron chi connectivity index (χ1n) is 9.85. The summed E-state index contributed by atoms with van der Waals surface area (Å²) >= 11 is 0. The average Bonchev–Trinajstić information content (AvgIpc) is 3.09. The van der Waals surface area contributed by atoms with Crippen molar-refractivity contribution in [1.29, 1.82) is 0 Å². The average molecular weight is 367 g/mol. The van der Waals surface area contributed by atoms with Crippen LogP contribution in [0, 0.1) is 11.8 Å². The Labute approximate surface area is 161 Å². The summed E-state index contributed by atoms with van der Waals surface area (Å²) in [4.78, 5) is 6.98. The van der Waals surface area contributed by atoms with E-state index in [2.05, 4.69) is 28.1 Å². The summed E-state index contributed by atoms with van der Waals surface area (Å²) in [5.74, 6) is 2.21. The highest BCUT2D eigenvalue weighted by Crippen LogP contribution is 2.48. The minimum atomic E-state index is -0.792. The Hall–Kier alpha value is -2.11. The van der Waals surface area contributed by atoms with Crippen molar-refractivity contribution in [3.05, 3.63) is 54.1 Å². The lowest BCUT2D eigenvalue weighted by molar-refractivity contribution is -0.151. The first-order valence-corrected chi connectivity index (χ1v) is 9.85. The number of ether oxygens (including phenoxy) is 1. The summed E-state index contributed by atoms with van der Waals surface area (Å²) in [5.41, 5.74) is 0.307. The molecule has 0 spiro atoms. The topological polar surface area (TPSA) is 50.5 Å². The third-order valence-corrected chi connectivity index (χ3v) is 6.29. The van der Waals surface area contributed by atoms with Crippen LogP contribution in [-0.4, -0.2) is 46.3 Å². The molecule has 2 heterocycles. The number of aliphatic hydroxyl groups is 1. The molecule has 0 unspecified atom stereocenters. The quantitative estimate of drug-likeness (QED) is 0.882. The van der Waals surface area contributed by atoms with Crippen molar-refractivity contribution in [3.63, 3.8) is 0 Å². The lowest BCUT2D eigenvalue weighted by atomic mass is 9.65. The van der Waals surface area contributed by atoms with Crippen LogP contribution in [0.3, 0.4) is 0 Å². The number of aromatic nitrogens is 2. The molecule has 1 aromatic carbocycles. The van der Waals surface area contributed by atoms with Gasteiger partial charge in [0, 0.05) is 56.5 Å². The minimum Gasteiger partial charge on any atom is -0.496 e. The monoisotopic (exact) mass is 367 g/mol.